The van der Waals surface area contributed by atoms with Crippen LogP contribution in [-0.4, -0.2) is 14.8 Å². The molecule has 0 unspecified atom stereocenters. The average Bonchev–Trinajstić information content (AvgIpc) is 2.11. The summed E-state index contributed by atoms with van der Waals surface area (Å²) in [6.07, 6.45) is 1.60. The number of hydrogen-bond donors (Lipinski definition) is 1. The van der Waals surface area contributed by atoms with E-state index < -0.39 is 0 Å². The molecule has 1 aromatic heterocycles. The largest absolute Gasteiger partial charge is 0.285 e. The fraction of sp³-hybridized carbons (Fsp3) is 0.667. The van der Waals surface area contributed by atoms with E-state index >= 15 is 0 Å². The van der Waals surface area contributed by atoms with Crippen molar-refractivity contribution in [2.75, 3.05) is 0 Å². The summed E-state index contributed by atoms with van der Waals surface area (Å²) < 4.78 is 2.45. The second kappa shape index (κ2) is 2.20. The van der Waals surface area contributed by atoms with Crippen LogP contribution in [0.5, 0.6) is 0 Å². The monoisotopic (exact) mass is 157 g/mol. The van der Waals surface area contributed by atoms with Crippen LogP contribution >= 0.6 is 12.2 Å². The SMILES string of the molecule is CC(C)(C)n1[nH]cnc1=S. The lowest BCUT2D eigenvalue weighted by molar-refractivity contribution is 0.350. The summed E-state index contributed by atoms with van der Waals surface area (Å²) >= 11 is 4.95. The number of aromatic amines is 1. The van der Waals surface area contributed by atoms with Gasteiger partial charge in [0.15, 0.2) is 0 Å². The first-order valence-electron chi connectivity index (χ1n) is 3.15. The highest BCUT2D eigenvalue weighted by Crippen LogP contribution is 2.10. The van der Waals surface area contributed by atoms with Gasteiger partial charge in [0.05, 0.1) is 5.54 Å². The molecule has 0 aliphatic heterocycles. The molecule has 0 aromatic carbocycles. The van der Waals surface area contributed by atoms with Crippen LogP contribution in [-0.2, 0) is 5.54 Å². The molecule has 0 aliphatic carbocycles. The summed E-state index contributed by atoms with van der Waals surface area (Å²) in [4.78, 5) is 3.91. The number of nitrogens with zero attached hydrogens (tertiary/aromatic N) is 2. The molecule has 10 heavy (non-hydrogen) atoms. The predicted octanol–water partition coefficient (Wildman–Crippen LogP) is 1.70. The van der Waals surface area contributed by atoms with Crippen molar-refractivity contribution in [2.24, 2.45) is 0 Å². The van der Waals surface area contributed by atoms with Crippen LogP contribution in [0.25, 0.3) is 0 Å². The maximum absolute atomic E-state index is 4.95. The normalized spacial score (nSPS) is 11.9. The highest BCUT2D eigenvalue weighted by atomic mass is 32.1. The lowest BCUT2D eigenvalue weighted by Gasteiger charge is -2.18. The van der Waals surface area contributed by atoms with E-state index in [4.69, 9.17) is 12.2 Å². The van der Waals surface area contributed by atoms with Crippen molar-refractivity contribution < 1.29 is 0 Å². The molecule has 1 N–H and O–H groups in total. The van der Waals surface area contributed by atoms with E-state index in [2.05, 4.69) is 30.9 Å². The van der Waals surface area contributed by atoms with Gasteiger partial charge in [0.2, 0.25) is 4.77 Å². The molecular formula is C6H11N3S. The molecule has 0 spiro atoms. The van der Waals surface area contributed by atoms with Crippen LogP contribution in [0.3, 0.4) is 0 Å². The molecule has 3 nitrogen and oxygen atoms in total. The van der Waals surface area contributed by atoms with E-state index in [-0.39, 0.29) is 5.54 Å². The highest BCUT2D eigenvalue weighted by Gasteiger charge is 2.13. The van der Waals surface area contributed by atoms with Gasteiger partial charge < -0.3 is 0 Å². The Hall–Kier alpha value is -0.640. The number of H-pyrrole nitrogens is 1. The molecule has 4 heteroatoms. The Morgan fingerprint density at radius 1 is 1.60 bits per heavy atom. The van der Waals surface area contributed by atoms with E-state index in [1.165, 1.54) is 0 Å². The number of nitrogens with one attached hydrogen (secondary N) is 1. The fourth-order valence-electron chi connectivity index (χ4n) is 0.735. The molecule has 0 radical (unpaired) electrons. The third-order valence-corrected chi connectivity index (χ3v) is 1.51. The zero-order valence-electron chi connectivity index (χ0n) is 6.38. The topological polar surface area (TPSA) is 33.6 Å². The fourth-order valence-corrected chi connectivity index (χ4v) is 1.11. The van der Waals surface area contributed by atoms with Gasteiger partial charge >= 0.3 is 0 Å². The van der Waals surface area contributed by atoms with Crippen LogP contribution < -0.4 is 0 Å². The van der Waals surface area contributed by atoms with E-state index in [0.717, 1.165) is 0 Å². The number of rotatable bonds is 0. The lowest BCUT2D eigenvalue weighted by Crippen LogP contribution is -2.23. The smallest absolute Gasteiger partial charge is 0.216 e. The Bertz CT molecular complexity index is 265. The standard InChI is InChI=1S/C6H11N3S/c1-6(2,3)9-5(10)7-4-8-9/h4H,1-3H3,(H,7,8,10). The predicted molar refractivity (Wildman–Crippen MR) is 42.4 cm³/mol. The molecule has 0 bridgehead atoms. The minimum Gasteiger partial charge on any atom is -0.285 e. The summed E-state index contributed by atoms with van der Waals surface area (Å²) in [7, 11) is 0. The van der Waals surface area contributed by atoms with Crippen LogP contribution in [0.4, 0.5) is 0 Å². The molecule has 0 saturated heterocycles. The Balaban J connectivity index is 3.18. The Kier molecular flexibility index (Phi) is 1.64. The first-order chi connectivity index (χ1) is 4.52. The summed E-state index contributed by atoms with van der Waals surface area (Å²) in [5.74, 6) is 0. The van der Waals surface area contributed by atoms with Crippen LogP contribution in [0.15, 0.2) is 6.33 Å². The average molecular weight is 157 g/mol. The van der Waals surface area contributed by atoms with Crippen molar-refractivity contribution in [2.45, 2.75) is 26.3 Å². The molecule has 1 rings (SSSR count). The summed E-state index contributed by atoms with van der Waals surface area (Å²) in [5.41, 5.74) is 0.00752. The van der Waals surface area contributed by atoms with E-state index in [0.29, 0.717) is 4.77 Å². The maximum atomic E-state index is 4.95. The second-order valence-electron chi connectivity index (χ2n) is 3.18. The van der Waals surface area contributed by atoms with Crippen molar-refractivity contribution in [3.05, 3.63) is 11.1 Å². The molecular weight excluding hydrogens is 146 g/mol. The Morgan fingerprint density at radius 2 is 2.20 bits per heavy atom. The van der Waals surface area contributed by atoms with Crippen LogP contribution in [0.2, 0.25) is 0 Å². The zero-order chi connectivity index (χ0) is 7.78. The van der Waals surface area contributed by atoms with Crippen molar-refractivity contribution in [1.29, 1.82) is 0 Å². The summed E-state index contributed by atoms with van der Waals surface area (Å²) in [6, 6.07) is 0. The van der Waals surface area contributed by atoms with Crippen LogP contribution in [0, 0.1) is 4.77 Å². The summed E-state index contributed by atoms with van der Waals surface area (Å²) in [6.45, 7) is 6.21. The van der Waals surface area contributed by atoms with Crippen LogP contribution in [0.1, 0.15) is 20.8 Å². The van der Waals surface area contributed by atoms with Gasteiger partial charge in [-0.2, -0.15) is 0 Å². The van der Waals surface area contributed by atoms with Gasteiger partial charge in [-0.05, 0) is 33.0 Å². The number of hydrogen-bond acceptors (Lipinski definition) is 2. The van der Waals surface area contributed by atoms with E-state index in [1.54, 1.807) is 6.33 Å². The quantitative estimate of drug-likeness (QED) is 0.581. The molecule has 56 valence electrons. The molecule has 0 saturated carbocycles. The highest BCUT2D eigenvalue weighted by molar-refractivity contribution is 7.71. The van der Waals surface area contributed by atoms with Crippen molar-refractivity contribution in [1.82, 2.24) is 14.8 Å². The number of aromatic nitrogens is 3. The molecule has 0 amide bonds. The lowest BCUT2D eigenvalue weighted by atomic mass is 10.1. The molecule has 0 fully saturated rings. The van der Waals surface area contributed by atoms with Crippen molar-refractivity contribution in [3.63, 3.8) is 0 Å². The molecule has 1 aromatic rings. The minimum atomic E-state index is 0.00752. The first-order valence-corrected chi connectivity index (χ1v) is 3.55. The van der Waals surface area contributed by atoms with Gasteiger partial charge in [-0.3, -0.25) is 9.78 Å². The van der Waals surface area contributed by atoms with Gasteiger partial charge in [-0.25, -0.2) is 4.98 Å². The van der Waals surface area contributed by atoms with Gasteiger partial charge in [0, 0.05) is 0 Å². The Morgan fingerprint density at radius 3 is 2.40 bits per heavy atom. The molecule has 0 atom stereocenters. The van der Waals surface area contributed by atoms with E-state index in [9.17, 15) is 0 Å². The third kappa shape index (κ3) is 1.26. The molecule has 1 heterocycles. The maximum Gasteiger partial charge on any atom is 0.216 e. The first kappa shape index (κ1) is 7.47. The molecule has 0 aliphatic rings. The van der Waals surface area contributed by atoms with Gasteiger partial charge in [0.25, 0.3) is 0 Å². The Labute approximate surface area is 65.1 Å². The summed E-state index contributed by atoms with van der Waals surface area (Å²) in [5, 5.41) is 2.95. The second-order valence-corrected chi connectivity index (χ2v) is 3.54. The van der Waals surface area contributed by atoms with Crippen molar-refractivity contribution in [3.8, 4) is 0 Å². The zero-order valence-corrected chi connectivity index (χ0v) is 7.20. The third-order valence-electron chi connectivity index (χ3n) is 1.22. The minimum absolute atomic E-state index is 0.00752. The van der Waals surface area contributed by atoms with Gasteiger partial charge in [-0.1, -0.05) is 0 Å². The van der Waals surface area contributed by atoms with Crippen molar-refractivity contribution >= 4 is 12.2 Å². The van der Waals surface area contributed by atoms with Gasteiger partial charge in [0.1, 0.15) is 6.33 Å². The van der Waals surface area contributed by atoms with Gasteiger partial charge in [-0.15, -0.1) is 0 Å². The van der Waals surface area contributed by atoms with E-state index in [1.807, 2.05) is 4.68 Å².